The monoisotopic (exact) mass is 518 g/mol. The summed E-state index contributed by atoms with van der Waals surface area (Å²) in [6.45, 7) is 3.49. The summed E-state index contributed by atoms with van der Waals surface area (Å²) in [7, 11) is -3.68. The van der Waals surface area contributed by atoms with Gasteiger partial charge in [0, 0.05) is 30.9 Å². The van der Waals surface area contributed by atoms with E-state index in [1.165, 1.54) is 21.7 Å². The van der Waals surface area contributed by atoms with E-state index in [1.54, 1.807) is 17.9 Å². The van der Waals surface area contributed by atoms with Crippen molar-refractivity contribution in [1.82, 2.24) is 14.2 Å². The van der Waals surface area contributed by atoms with Crippen LogP contribution in [0, 0.1) is 5.92 Å². The molecule has 2 aliphatic rings. The average Bonchev–Trinajstić information content (AvgIpc) is 3.39. The lowest BCUT2D eigenvalue weighted by molar-refractivity contribution is -0.120. The van der Waals surface area contributed by atoms with E-state index in [2.05, 4.69) is 10.3 Å². The molecule has 1 N–H and O–H groups in total. The Morgan fingerprint density at radius 3 is 2.84 bits per heavy atom. The minimum absolute atomic E-state index is 0.116. The first-order valence-corrected chi connectivity index (χ1v) is 13.7. The molecule has 32 heavy (non-hydrogen) atoms. The third-order valence-electron chi connectivity index (χ3n) is 5.38. The highest BCUT2D eigenvalue weighted by Gasteiger charge is 2.34. The van der Waals surface area contributed by atoms with Crippen LogP contribution < -0.4 is 5.32 Å². The Morgan fingerprint density at radius 1 is 1.31 bits per heavy atom. The number of nitrogens with zero attached hydrogens (tertiary/aromatic N) is 3. The van der Waals surface area contributed by atoms with E-state index in [9.17, 15) is 18.0 Å². The lowest BCUT2D eigenvalue weighted by atomic mass is 9.99. The Balaban J connectivity index is 1.40. The lowest BCUT2D eigenvalue weighted by Gasteiger charge is -2.30. The maximum absolute atomic E-state index is 12.9. The van der Waals surface area contributed by atoms with Crippen LogP contribution in [-0.2, 0) is 32.5 Å². The number of carbonyl (C=O) groups excluding carboxylic acids is 2. The van der Waals surface area contributed by atoms with Crippen LogP contribution in [0.3, 0.4) is 0 Å². The number of thiophene rings is 1. The quantitative estimate of drug-likeness (QED) is 0.649. The molecule has 0 radical (unpaired) electrons. The fourth-order valence-corrected chi connectivity index (χ4v) is 7.95. The second-order valence-electron chi connectivity index (χ2n) is 7.51. The largest absolute Gasteiger partial charge is 0.450 e. The van der Waals surface area contributed by atoms with Crippen LogP contribution in [0.4, 0.5) is 9.93 Å². The van der Waals surface area contributed by atoms with E-state index in [0.29, 0.717) is 55.0 Å². The molecule has 2 amide bonds. The average molecular weight is 519 g/mol. The molecule has 0 aromatic carbocycles. The number of hydrogen-bond acceptors (Lipinski definition) is 8. The van der Waals surface area contributed by atoms with Gasteiger partial charge < -0.3 is 15.0 Å². The third kappa shape index (κ3) is 4.93. The van der Waals surface area contributed by atoms with E-state index < -0.39 is 15.9 Å². The first-order valence-electron chi connectivity index (χ1n) is 10.2. The van der Waals surface area contributed by atoms with Gasteiger partial charge in [0.05, 0.1) is 29.1 Å². The molecule has 9 nitrogen and oxygen atoms in total. The maximum atomic E-state index is 12.9. The number of aromatic nitrogens is 1. The summed E-state index contributed by atoms with van der Waals surface area (Å²) in [4.78, 5) is 31.9. The Hall–Kier alpha value is -1.73. The van der Waals surface area contributed by atoms with Crippen LogP contribution in [-0.4, -0.2) is 60.8 Å². The SMILES string of the molecule is CCOC(=O)N1CCc2nc(NC(=O)C3CCCN(S(=O)(=O)c4ccc(Cl)s4)C3)sc2C1. The van der Waals surface area contributed by atoms with Crippen molar-refractivity contribution in [2.45, 2.75) is 36.9 Å². The highest BCUT2D eigenvalue weighted by Crippen LogP contribution is 2.32. The van der Waals surface area contributed by atoms with E-state index in [4.69, 9.17) is 16.3 Å². The van der Waals surface area contributed by atoms with Gasteiger partial charge in [-0.15, -0.1) is 11.3 Å². The number of nitrogens with one attached hydrogen (secondary N) is 1. The number of ether oxygens (including phenoxy) is 1. The number of anilines is 1. The highest BCUT2D eigenvalue weighted by atomic mass is 35.5. The van der Waals surface area contributed by atoms with Crippen molar-refractivity contribution in [1.29, 1.82) is 0 Å². The molecule has 1 atom stereocenters. The highest BCUT2D eigenvalue weighted by molar-refractivity contribution is 7.91. The summed E-state index contributed by atoms with van der Waals surface area (Å²) < 4.78 is 32.8. The molecule has 0 aliphatic carbocycles. The van der Waals surface area contributed by atoms with Gasteiger partial charge in [0.25, 0.3) is 10.0 Å². The molecule has 1 saturated heterocycles. The van der Waals surface area contributed by atoms with Crippen LogP contribution in [0.2, 0.25) is 4.34 Å². The molecular formula is C19H23ClN4O5S3. The number of halogens is 1. The number of amides is 2. The molecule has 1 unspecified atom stereocenters. The topological polar surface area (TPSA) is 109 Å². The van der Waals surface area contributed by atoms with Crippen molar-refractivity contribution < 1.29 is 22.7 Å². The zero-order valence-corrected chi connectivity index (χ0v) is 20.6. The molecule has 1 fully saturated rings. The standard InChI is InChI=1S/C19H23ClN4O5S3/c1-2-29-19(26)23-9-7-13-14(11-23)30-18(21-13)22-17(25)12-4-3-8-24(10-12)32(27,28)16-6-5-15(20)31-16/h5-6,12H,2-4,7-11H2,1H3,(H,21,22,25). The van der Waals surface area contributed by atoms with Gasteiger partial charge in [-0.25, -0.2) is 18.2 Å². The number of piperidine rings is 1. The van der Waals surface area contributed by atoms with Crippen molar-refractivity contribution in [3.63, 3.8) is 0 Å². The number of rotatable bonds is 5. The number of carbonyl (C=O) groups is 2. The molecule has 4 rings (SSSR count). The van der Waals surface area contributed by atoms with Crippen molar-refractivity contribution >= 4 is 61.4 Å². The summed E-state index contributed by atoms with van der Waals surface area (Å²) >= 11 is 8.24. The molecule has 4 heterocycles. The number of fused-ring (bicyclic) bond motifs is 1. The van der Waals surface area contributed by atoms with Gasteiger partial charge in [-0.1, -0.05) is 22.9 Å². The zero-order valence-electron chi connectivity index (χ0n) is 17.4. The molecular weight excluding hydrogens is 496 g/mol. The minimum Gasteiger partial charge on any atom is -0.450 e. The summed E-state index contributed by atoms with van der Waals surface area (Å²) in [5.41, 5.74) is 0.869. The van der Waals surface area contributed by atoms with Crippen molar-refractivity contribution in [3.8, 4) is 0 Å². The van der Waals surface area contributed by atoms with E-state index in [0.717, 1.165) is 21.9 Å². The Morgan fingerprint density at radius 2 is 2.12 bits per heavy atom. The first-order chi connectivity index (χ1) is 15.3. The fourth-order valence-electron chi connectivity index (χ4n) is 3.77. The number of thiazole rings is 1. The summed E-state index contributed by atoms with van der Waals surface area (Å²) in [6.07, 6.45) is 1.44. The van der Waals surface area contributed by atoms with Gasteiger partial charge in [0.15, 0.2) is 5.13 Å². The Kier molecular flexibility index (Phi) is 7.06. The molecule has 0 spiro atoms. The molecule has 2 aliphatic heterocycles. The van der Waals surface area contributed by atoms with Gasteiger partial charge in [0.2, 0.25) is 5.91 Å². The molecule has 0 bridgehead atoms. The fraction of sp³-hybridized carbons (Fsp3) is 0.526. The van der Waals surface area contributed by atoms with E-state index >= 15 is 0 Å². The Labute approximate surface area is 199 Å². The van der Waals surface area contributed by atoms with Crippen LogP contribution in [0.1, 0.15) is 30.3 Å². The van der Waals surface area contributed by atoms with Crippen molar-refractivity contribution in [3.05, 3.63) is 27.0 Å². The predicted molar refractivity (Wildman–Crippen MR) is 123 cm³/mol. The first kappa shape index (κ1) is 23.4. The van der Waals surface area contributed by atoms with Crippen LogP contribution in [0.15, 0.2) is 16.3 Å². The zero-order chi connectivity index (χ0) is 22.9. The van der Waals surface area contributed by atoms with E-state index in [1.807, 2.05) is 0 Å². The molecule has 2 aromatic heterocycles. The normalized spacial score (nSPS) is 19.4. The van der Waals surface area contributed by atoms with E-state index in [-0.39, 0.29) is 22.8 Å². The molecule has 174 valence electrons. The lowest BCUT2D eigenvalue weighted by Crippen LogP contribution is -2.43. The van der Waals surface area contributed by atoms with Crippen LogP contribution in [0.25, 0.3) is 0 Å². The maximum Gasteiger partial charge on any atom is 0.410 e. The predicted octanol–water partition coefficient (Wildman–Crippen LogP) is 3.41. The Bertz CT molecular complexity index is 1120. The van der Waals surface area contributed by atoms with Gasteiger partial charge in [-0.2, -0.15) is 4.31 Å². The minimum atomic E-state index is -3.68. The molecule has 0 saturated carbocycles. The van der Waals surface area contributed by atoms with Crippen LogP contribution >= 0.6 is 34.3 Å². The molecule has 13 heteroatoms. The van der Waals surface area contributed by atoms with Gasteiger partial charge >= 0.3 is 6.09 Å². The molecule has 2 aromatic rings. The second-order valence-corrected chi connectivity index (χ2v) is 12.5. The van der Waals surface area contributed by atoms with Gasteiger partial charge in [-0.05, 0) is 31.9 Å². The van der Waals surface area contributed by atoms with Gasteiger partial charge in [0.1, 0.15) is 4.21 Å². The van der Waals surface area contributed by atoms with Gasteiger partial charge in [-0.3, -0.25) is 4.79 Å². The van der Waals surface area contributed by atoms with Crippen molar-refractivity contribution in [2.75, 3.05) is 31.6 Å². The second kappa shape index (κ2) is 9.64. The smallest absolute Gasteiger partial charge is 0.410 e. The van der Waals surface area contributed by atoms with Crippen LogP contribution in [0.5, 0.6) is 0 Å². The summed E-state index contributed by atoms with van der Waals surface area (Å²) in [6, 6.07) is 3.05. The summed E-state index contributed by atoms with van der Waals surface area (Å²) in [5, 5.41) is 3.32. The van der Waals surface area contributed by atoms with Crippen molar-refractivity contribution in [2.24, 2.45) is 5.92 Å². The summed E-state index contributed by atoms with van der Waals surface area (Å²) in [5.74, 6) is -0.714. The number of sulfonamides is 1. The third-order valence-corrected chi connectivity index (χ3v) is 9.95. The number of hydrogen-bond donors (Lipinski definition) is 1.